The minimum atomic E-state index is -0.255. The Morgan fingerprint density at radius 2 is 1.83 bits per heavy atom. The molecule has 0 aromatic heterocycles. The largest absolute Gasteiger partial charge is 0.469 e. The predicted octanol–water partition coefficient (Wildman–Crippen LogP) is 2.37. The van der Waals surface area contributed by atoms with Gasteiger partial charge in [0.25, 0.3) is 0 Å². The molecule has 0 aromatic rings. The lowest BCUT2D eigenvalue weighted by Crippen LogP contribution is -2.44. The lowest BCUT2D eigenvalue weighted by molar-refractivity contribution is -0.145. The second kappa shape index (κ2) is 6.76. The van der Waals surface area contributed by atoms with Gasteiger partial charge in [-0.3, -0.25) is 9.59 Å². The molecule has 0 aliphatic heterocycles. The number of hydrogen-bond acceptors (Lipinski definition) is 3. The molecule has 1 saturated carbocycles. The monoisotopic (exact) mass is 255 g/mol. The SMILES string of the molecule is CCN(CCC(=O)OC)C(=O)C1(C)CCCCC1. The summed E-state index contributed by atoms with van der Waals surface area (Å²) in [4.78, 5) is 25.5. The number of carbonyl (C=O) groups is 2. The van der Waals surface area contributed by atoms with Crippen molar-refractivity contribution in [3.8, 4) is 0 Å². The highest BCUT2D eigenvalue weighted by atomic mass is 16.5. The Morgan fingerprint density at radius 1 is 1.22 bits per heavy atom. The fourth-order valence-corrected chi connectivity index (χ4v) is 2.66. The number of hydrogen-bond donors (Lipinski definition) is 0. The fraction of sp³-hybridized carbons (Fsp3) is 0.857. The lowest BCUT2D eigenvalue weighted by Gasteiger charge is -2.36. The van der Waals surface area contributed by atoms with E-state index in [0.29, 0.717) is 13.1 Å². The van der Waals surface area contributed by atoms with E-state index in [1.807, 2.05) is 6.92 Å². The van der Waals surface area contributed by atoms with E-state index in [2.05, 4.69) is 11.7 Å². The van der Waals surface area contributed by atoms with Crippen LogP contribution in [0.3, 0.4) is 0 Å². The zero-order valence-corrected chi connectivity index (χ0v) is 11.8. The average molecular weight is 255 g/mol. The standard InChI is InChI=1S/C14H25NO3/c1-4-15(11-8-12(16)18-3)13(17)14(2)9-6-5-7-10-14/h4-11H2,1-3H3. The second-order valence-electron chi connectivity index (χ2n) is 5.33. The second-order valence-corrected chi connectivity index (χ2v) is 5.33. The van der Waals surface area contributed by atoms with Crippen molar-refractivity contribution in [3.05, 3.63) is 0 Å². The third kappa shape index (κ3) is 3.72. The zero-order chi connectivity index (χ0) is 13.6. The van der Waals surface area contributed by atoms with E-state index in [4.69, 9.17) is 0 Å². The molecular formula is C14H25NO3. The van der Waals surface area contributed by atoms with Gasteiger partial charge in [0, 0.05) is 18.5 Å². The third-order valence-electron chi connectivity index (χ3n) is 3.96. The smallest absolute Gasteiger partial charge is 0.307 e. The molecule has 0 bridgehead atoms. The molecule has 4 heteroatoms. The first kappa shape index (κ1) is 15.0. The van der Waals surface area contributed by atoms with Crippen LogP contribution in [-0.2, 0) is 14.3 Å². The summed E-state index contributed by atoms with van der Waals surface area (Å²) in [5.74, 6) is -0.0522. The van der Waals surface area contributed by atoms with Crippen LogP contribution >= 0.6 is 0 Å². The van der Waals surface area contributed by atoms with Crippen LogP contribution in [0.1, 0.15) is 52.4 Å². The first-order chi connectivity index (χ1) is 8.53. The maximum Gasteiger partial charge on any atom is 0.307 e. The highest BCUT2D eigenvalue weighted by Crippen LogP contribution is 2.37. The van der Waals surface area contributed by atoms with E-state index in [1.54, 1.807) is 4.90 Å². The number of esters is 1. The lowest BCUT2D eigenvalue weighted by atomic mass is 9.74. The molecule has 0 N–H and O–H groups in total. The summed E-state index contributed by atoms with van der Waals surface area (Å²) in [5.41, 5.74) is -0.218. The Kier molecular flexibility index (Phi) is 5.63. The van der Waals surface area contributed by atoms with E-state index in [-0.39, 0.29) is 23.7 Å². The van der Waals surface area contributed by atoms with Crippen molar-refractivity contribution < 1.29 is 14.3 Å². The van der Waals surface area contributed by atoms with Crippen molar-refractivity contribution in [2.75, 3.05) is 20.2 Å². The van der Waals surface area contributed by atoms with Crippen LogP contribution in [0.15, 0.2) is 0 Å². The number of methoxy groups -OCH3 is 1. The van der Waals surface area contributed by atoms with E-state index in [9.17, 15) is 9.59 Å². The highest BCUT2D eigenvalue weighted by Gasteiger charge is 2.37. The van der Waals surface area contributed by atoms with Gasteiger partial charge in [0.1, 0.15) is 0 Å². The predicted molar refractivity (Wildman–Crippen MR) is 70.1 cm³/mol. The van der Waals surface area contributed by atoms with Gasteiger partial charge in [0.2, 0.25) is 5.91 Å². The van der Waals surface area contributed by atoms with E-state index >= 15 is 0 Å². The molecule has 0 saturated heterocycles. The van der Waals surface area contributed by atoms with Gasteiger partial charge < -0.3 is 9.64 Å². The van der Waals surface area contributed by atoms with Crippen LogP contribution < -0.4 is 0 Å². The molecule has 1 rings (SSSR count). The van der Waals surface area contributed by atoms with E-state index < -0.39 is 0 Å². The van der Waals surface area contributed by atoms with Crippen molar-refractivity contribution in [2.24, 2.45) is 5.41 Å². The molecule has 1 aliphatic rings. The minimum absolute atomic E-state index is 0.202. The van der Waals surface area contributed by atoms with Gasteiger partial charge in [0.15, 0.2) is 0 Å². The van der Waals surface area contributed by atoms with Crippen molar-refractivity contribution >= 4 is 11.9 Å². The molecule has 18 heavy (non-hydrogen) atoms. The molecule has 1 aliphatic carbocycles. The normalized spacial score (nSPS) is 18.2. The van der Waals surface area contributed by atoms with Gasteiger partial charge in [0.05, 0.1) is 13.5 Å². The van der Waals surface area contributed by atoms with E-state index in [0.717, 1.165) is 25.7 Å². The van der Waals surface area contributed by atoms with Crippen molar-refractivity contribution in [2.45, 2.75) is 52.4 Å². The molecule has 0 heterocycles. The topological polar surface area (TPSA) is 46.6 Å². The van der Waals surface area contributed by atoms with Crippen molar-refractivity contribution in [1.29, 1.82) is 0 Å². The first-order valence-electron chi connectivity index (χ1n) is 6.89. The first-order valence-corrected chi connectivity index (χ1v) is 6.89. The third-order valence-corrected chi connectivity index (χ3v) is 3.96. The van der Waals surface area contributed by atoms with Gasteiger partial charge in [-0.25, -0.2) is 0 Å². The summed E-state index contributed by atoms with van der Waals surface area (Å²) in [5, 5.41) is 0. The Bertz CT molecular complexity index is 295. The molecule has 0 radical (unpaired) electrons. The summed E-state index contributed by atoms with van der Waals surface area (Å²) >= 11 is 0. The molecular weight excluding hydrogens is 230 g/mol. The molecule has 4 nitrogen and oxygen atoms in total. The average Bonchev–Trinajstić information content (AvgIpc) is 2.39. The number of rotatable bonds is 5. The molecule has 0 atom stereocenters. The Morgan fingerprint density at radius 3 is 2.33 bits per heavy atom. The Hall–Kier alpha value is -1.06. The Balaban J connectivity index is 2.57. The van der Waals surface area contributed by atoms with Crippen LogP contribution in [0.2, 0.25) is 0 Å². The van der Waals surface area contributed by atoms with Gasteiger partial charge in [-0.05, 0) is 19.8 Å². The maximum absolute atomic E-state index is 12.5. The molecule has 1 fully saturated rings. The molecule has 0 spiro atoms. The number of nitrogens with zero attached hydrogens (tertiary/aromatic N) is 1. The van der Waals surface area contributed by atoms with Gasteiger partial charge in [-0.2, -0.15) is 0 Å². The zero-order valence-electron chi connectivity index (χ0n) is 11.8. The van der Waals surface area contributed by atoms with Crippen LogP contribution in [0.5, 0.6) is 0 Å². The molecule has 1 amide bonds. The van der Waals surface area contributed by atoms with Crippen LogP contribution in [0.25, 0.3) is 0 Å². The minimum Gasteiger partial charge on any atom is -0.469 e. The molecule has 0 aromatic carbocycles. The van der Waals surface area contributed by atoms with Gasteiger partial charge in [-0.15, -0.1) is 0 Å². The number of ether oxygens (including phenoxy) is 1. The van der Waals surface area contributed by atoms with Crippen molar-refractivity contribution in [1.82, 2.24) is 4.90 Å². The summed E-state index contributed by atoms with van der Waals surface area (Å²) < 4.78 is 4.62. The molecule has 104 valence electrons. The number of amides is 1. The summed E-state index contributed by atoms with van der Waals surface area (Å²) in [6.45, 7) is 5.15. The summed E-state index contributed by atoms with van der Waals surface area (Å²) in [7, 11) is 1.38. The van der Waals surface area contributed by atoms with E-state index in [1.165, 1.54) is 13.5 Å². The Labute approximate surface area is 110 Å². The van der Waals surface area contributed by atoms with Crippen molar-refractivity contribution in [3.63, 3.8) is 0 Å². The highest BCUT2D eigenvalue weighted by molar-refractivity contribution is 5.83. The van der Waals surface area contributed by atoms with Crippen LogP contribution in [0, 0.1) is 5.41 Å². The van der Waals surface area contributed by atoms with Crippen LogP contribution in [0.4, 0.5) is 0 Å². The number of carbonyl (C=O) groups excluding carboxylic acids is 2. The van der Waals surface area contributed by atoms with Crippen LogP contribution in [-0.4, -0.2) is 37.0 Å². The van der Waals surface area contributed by atoms with Gasteiger partial charge in [-0.1, -0.05) is 26.2 Å². The molecule has 0 unspecified atom stereocenters. The summed E-state index contributed by atoms with van der Waals surface area (Å²) in [6, 6.07) is 0. The van der Waals surface area contributed by atoms with Gasteiger partial charge >= 0.3 is 5.97 Å². The maximum atomic E-state index is 12.5. The fourth-order valence-electron chi connectivity index (χ4n) is 2.66. The summed E-state index contributed by atoms with van der Waals surface area (Å²) in [6.07, 6.45) is 5.73. The quantitative estimate of drug-likeness (QED) is 0.709.